The van der Waals surface area contributed by atoms with Gasteiger partial charge in [-0.05, 0) is 56.9 Å². The van der Waals surface area contributed by atoms with E-state index in [-0.39, 0.29) is 18.4 Å². The number of nitrogens with zero attached hydrogens (tertiary/aromatic N) is 1. The van der Waals surface area contributed by atoms with E-state index >= 15 is 0 Å². The third kappa shape index (κ3) is 6.63. The van der Waals surface area contributed by atoms with E-state index in [2.05, 4.69) is 5.32 Å². The van der Waals surface area contributed by atoms with Crippen LogP contribution in [0.3, 0.4) is 0 Å². The number of hydrogen-bond acceptors (Lipinski definition) is 3. The summed E-state index contributed by atoms with van der Waals surface area (Å²) in [5, 5.41) is 2.88. The summed E-state index contributed by atoms with van der Waals surface area (Å²) < 4.78 is 5.81. The predicted octanol–water partition coefficient (Wildman–Crippen LogP) is 3.93. The molecule has 0 saturated carbocycles. The fourth-order valence-corrected chi connectivity index (χ4v) is 2.95. The third-order valence-corrected chi connectivity index (χ3v) is 4.88. The first-order valence-electron chi connectivity index (χ1n) is 10.1. The molecule has 1 atom stereocenters. The Morgan fingerprint density at radius 1 is 1.03 bits per heavy atom. The van der Waals surface area contributed by atoms with Crippen LogP contribution in [-0.4, -0.2) is 35.9 Å². The molecule has 156 valence electrons. The molecular formula is C24H32N2O3. The molecule has 5 heteroatoms. The molecule has 0 spiro atoms. The molecule has 0 unspecified atom stereocenters. The summed E-state index contributed by atoms with van der Waals surface area (Å²) >= 11 is 0. The molecule has 2 aromatic rings. The minimum Gasteiger partial charge on any atom is -0.483 e. The SMILES string of the molecule is CCCNC(=O)[C@H](C)N(Cc1ccc(C)cc1)C(=O)COc1cc(C)ccc1C. The Morgan fingerprint density at radius 2 is 1.69 bits per heavy atom. The number of rotatable bonds is 9. The van der Waals surface area contributed by atoms with E-state index < -0.39 is 6.04 Å². The largest absolute Gasteiger partial charge is 0.483 e. The molecule has 2 amide bonds. The lowest BCUT2D eigenvalue weighted by atomic mass is 10.1. The average molecular weight is 397 g/mol. The van der Waals surface area contributed by atoms with Crippen LogP contribution in [0.15, 0.2) is 42.5 Å². The number of amides is 2. The van der Waals surface area contributed by atoms with E-state index in [0.717, 1.165) is 28.7 Å². The Morgan fingerprint density at radius 3 is 2.34 bits per heavy atom. The second kappa shape index (κ2) is 10.6. The van der Waals surface area contributed by atoms with Gasteiger partial charge in [-0.3, -0.25) is 9.59 Å². The van der Waals surface area contributed by atoms with Crippen molar-refractivity contribution in [2.45, 2.75) is 53.6 Å². The summed E-state index contributed by atoms with van der Waals surface area (Å²) in [4.78, 5) is 27.1. The highest BCUT2D eigenvalue weighted by Crippen LogP contribution is 2.19. The van der Waals surface area contributed by atoms with Crippen molar-refractivity contribution < 1.29 is 14.3 Å². The standard InChI is InChI=1S/C24H32N2O3/c1-6-13-25-24(28)20(5)26(15-21-11-8-17(2)9-12-21)23(27)16-29-22-14-18(3)7-10-19(22)4/h7-12,14,20H,6,13,15-16H2,1-5H3,(H,25,28)/t20-/m0/s1. The lowest BCUT2D eigenvalue weighted by Gasteiger charge is -2.29. The normalized spacial score (nSPS) is 11.6. The highest BCUT2D eigenvalue weighted by molar-refractivity contribution is 5.87. The van der Waals surface area contributed by atoms with Crippen LogP contribution in [-0.2, 0) is 16.1 Å². The second-order valence-electron chi connectivity index (χ2n) is 7.53. The smallest absolute Gasteiger partial charge is 0.261 e. The first kappa shape index (κ1) is 22.5. The lowest BCUT2D eigenvalue weighted by Crippen LogP contribution is -2.49. The van der Waals surface area contributed by atoms with Gasteiger partial charge in [-0.1, -0.05) is 48.9 Å². The van der Waals surface area contributed by atoms with Crippen molar-refractivity contribution in [2.75, 3.05) is 13.2 Å². The summed E-state index contributed by atoms with van der Waals surface area (Å²) in [7, 11) is 0. The minimum absolute atomic E-state index is 0.110. The molecule has 0 aromatic heterocycles. The number of hydrogen-bond donors (Lipinski definition) is 1. The van der Waals surface area contributed by atoms with E-state index in [1.807, 2.05) is 70.2 Å². The molecule has 0 fully saturated rings. The van der Waals surface area contributed by atoms with Crippen LogP contribution in [0.5, 0.6) is 5.75 Å². The zero-order chi connectivity index (χ0) is 21.4. The van der Waals surface area contributed by atoms with Crippen molar-refractivity contribution in [2.24, 2.45) is 0 Å². The van der Waals surface area contributed by atoms with Gasteiger partial charge in [0.1, 0.15) is 11.8 Å². The highest BCUT2D eigenvalue weighted by Gasteiger charge is 2.26. The zero-order valence-electron chi connectivity index (χ0n) is 18.1. The Balaban J connectivity index is 2.15. The van der Waals surface area contributed by atoms with Crippen LogP contribution < -0.4 is 10.1 Å². The molecule has 0 aliphatic heterocycles. The lowest BCUT2D eigenvalue weighted by molar-refractivity contribution is -0.142. The van der Waals surface area contributed by atoms with E-state index in [1.54, 1.807) is 11.8 Å². The van der Waals surface area contributed by atoms with Crippen molar-refractivity contribution in [3.8, 4) is 5.75 Å². The maximum absolute atomic E-state index is 13.0. The summed E-state index contributed by atoms with van der Waals surface area (Å²) in [5.41, 5.74) is 4.17. The Bertz CT molecular complexity index is 831. The van der Waals surface area contributed by atoms with Gasteiger partial charge >= 0.3 is 0 Å². The van der Waals surface area contributed by atoms with E-state index in [0.29, 0.717) is 18.8 Å². The predicted molar refractivity (Wildman–Crippen MR) is 116 cm³/mol. The molecule has 5 nitrogen and oxygen atoms in total. The number of carbonyl (C=O) groups excluding carboxylic acids is 2. The molecule has 0 radical (unpaired) electrons. The summed E-state index contributed by atoms with van der Waals surface area (Å²) in [5.74, 6) is 0.321. The fourth-order valence-electron chi connectivity index (χ4n) is 2.95. The maximum Gasteiger partial charge on any atom is 0.261 e. The first-order chi connectivity index (χ1) is 13.8. The van der Waals surface area contributed by atoms with Gasteiger partial charge in [-0.25, -0.2) is 0 Å². The topological polar surface area (TPSA) is 58.6 Å². The van der Waals surface area contributed by atoms with Crippen molar-refractivity contribution in [1.82, 2.24) is 10.2 Å². The quantitative estimate of drug-likeness (QED) is 0.699. The monoisotopic (exact) mass is 396 g/mol. The number of ether oxygens (including phenoxy) is 1. The molecule has 0 bridgehead atoms. The van der Waals surface area contributed by atoms with Crippen LogP contribution in [0, 0.1) is 20.8 Å². The molecule has 0 aliphatic rings. The summed E-state index contributed by atoms with van der Waals surface area (Å²) in [6.07, 6.45) is 0.847. The molecule has 0 aliphatic carbocycles. The zero-order valence-corrected chi connectivity index (χ0v) is 18.1. The average Bonchev–Trinajstić information content (AvgIpc) is 2.71. The Hall–Kier alpha value is -2.82. The van der Waals surface area contributed by atoms with Crippen molar-refractivity contribution in [3.63, 3.8) is 0 Å². The van der Waals surface area contributed by atoms with Crippen molar-refractivity contribution in [3.05, 3.63) is 64.7 Å². The van der Waals surface area contributed by atoms with Crippen molar-refractivity contribution >= 4 is 11.8 Å². The van der Waals surface area contributed by atoms with Gasteiger partial charge in [0.15, 0.2) is 6.61 Å². The molecule has 29 heavy (non-hydrogen) atoms. The van der Waals surface area contributed by atoms with Crippen LogP contribution in [0.2, 0.25) is 0 Å². The van der Waals surface area contributed by atoms with E-state index in [1.165, 1.54) is 0 Å². The molecule has 1 N–H and O–H groups in total. The van der Waals surface area contributed by atoms with Crippen LogP contribution in [0.25, 0.3) is 0 Å². The Kier molecular flexibility index (Phi) is 8.25. The molecule has 2 aromatic carbocycles. The first-order valence-corrected chi connectivity index (χ1v) is 10.1. The number of aryl methyl sites for hydroxylation is 3. The highest BCUT2D eigenvalue weighted by atomic mass is 16.5. The summed E-state index contributed by atoms with van der Waals surface area (Å²) in [6.45, 7) is 10.5. The number of benzene rings is 2. The van der Waals surface area contributed by atoms with Gasteiger partial charge in [-0.15, -0.1) is 0 Å². The van der Waals surface area contributed by atoms with Crippen LogP contribution >= 0.6 is 0 Å². The molecule has 2 rings (SSSR count). The van der Waals surface area contributed by atoms with Gasteiger partial charge in [-0.2, -0.15) is 0 Å². The van der Waals surface area contributed by atoms with Gasteiger partial charge in [0.2, 0.25) is 5.91 Å². The third-order valence-electron chi connectivity index (χ3n) is 4.88. The number of nitrogens with one attached hydrogen (secondary N) is 1. The number of carbonyl (C=O) groups is 2. The van der Waals surface area contributed by atoms with E-state index in [4.69, 9.17) is 4.74 Å². The fraction of sp³-hybridized carbons (Fsp3) is 0.417. The molecule has 0 saturated heterocycles. The van der Waals surface area contributed by atoms with Gasteiger partial charge < -0.3 is 15.0 Å². The Labute approximate surface area is 174 Å². The van der Waals surface area contributed by atoms with Crippen LogP contribution in [0.4, 0.5) is 0 Å². The molecule has 0 heterocycles. The second-order valence-corrected chi connectivity index (χ2v) is 7.53. The maximum atomic E-state index is 13.0. The van der Waals surface area contributed by atoms with Crippen LogP contribution in [0.1, 0.15) is 42.5 Å². The van der Waals surface area contributed by atoms with Gasteiger partial charge in [0.25, 0.3) is 5.91 Å². The van der Waals surface area contributed by atoms with E-state index in [9.17, 15) is 9.59 Å². The van der Waals surface area contributed by atoms with Gasteiger partial charge in [0, 0.05) is 13.1 Å². The van der Waals surface area contributed by atoms with Crippen molar-refractivity contribution in [1.29, 1.82) is 0 Å². The summed E-state index contributed by atoms with van der Waals surface area (Å²) in [6, 6.07) is 13.3. The molecular weight excluding hydrogens is 364 g/mol. The minimum atomic E-state index is -0.586. The van der Waals surface area contributed by atoms with Gasteiger partial charge in [0.05, 0.1) is 0 Å².